The van der Waals surface area contributed by atoms with E-state index in [1.807, 2.05) is 0 Å². The predicted molar refractivity (Wildman–Crippen MR) is 105 cm³/mol. The molecular formula is C21H36O9. The quantitative estimate of drug-likeness (QED) is 0.371. The van der Waals surface area contributed by atoms with E-state index < -0.39 is 61.6 Å². The van der Waals surface area contributed by atoms with E-state index in [1.165, 1.54) is 0 Å². The number of hydrogen-bond acceptors (Lipinski definition) is 8. The summed E-state index contributed by atoms with van der Waals surface area (Å²) in [5.41, 5.74) is 0. The van der Waals surface area contributed by atoms with Gasteiger partial charge in [-0.3, -0.25) is 0 Å². The summed E-state index contributed by atoms with van der Waals surface area (Å²) in [4.78, 5) is 11.8. The van der Waals surface area contributed by atoms with E-state index in [4.69, 9.17) is 14.2 Å². The molecule has 0 aromatic heterocycles. The molecule has 30 heavy (non-hydrogen) atoms. The van der Waals surface area contributed by atoms with Gasteiger partial charge in [0.05, 0.1) is 18.8 Å². The van der Waals surface area contributed by atoms with Crippen LogP contribution in [0.2, 0.25) is 0 Å². The summed E-state index contributed by atoms with van der Waals surface area (Å²) in [6.07, 6.45) is -0.467. The number of hydrogen-bond donors (Lipinski definition) is 5. The van der Waals surface area contributed by atoms with Gasteiger partial charge in [0.15, 0.2) is 12.4 Å². The molecule has 3 fully saturated rings. The van der Waals surface area contributed by atoms with Gasteiger partial charge >= 0.3 is 5.97 Å². The minimum atomic E-state index is -1.45. The molecule has 8 atom stereocenters. The molecule has 0 spiro atoms. The molecule has 174 valence electrons. The van der Waals surface area contributed by atoms with Crippen molar-refractivity contribution in [1.82, 2.24) is 0 Å². The first-order valence-corrected chi connectivity index (χ1v) is 11.2. The first-order valence-electron chi connectivity index (χ1n) is 11.2. The van der Waals surface area contributed by atoms with Gasteiger partial charge in [0.2, 0.25) is 0 Å². The summed E-state index contributed by atoms with van der Waals surface area (Å²) in [6.45, 7) is -0.540. The van der Waals surface area contributed by atoms with Crippen molar-refractivity contribution >= 4 is 5.97 Å². The van der Waals surface area contributed by atoms with Crippen molar-refractivity contribution in [3.63, 3.8) is 0 Å². The fourth-order valence-corrected chi connectivity index (χ4v) is 4.86. The van der Waals surface area contributed by atoms with Gasteiger partial charge in [-0.1, -0.05) is 44.9 Å². The maximum Gasteiger partial charge on any atom is 0.332 e. The van der Waals surface area contributed by atoms with E-state index in [-0.39, 0.29) is 5.92 Å². The average Bonchev–Trinajstić information content (AvgIpc) is 2.74. The zero-order chi connectivity index (χ0) is 21.7. The van der Waals surface area contributed by atoms with E-state index in [0.29, 0.717) is 19.3 Å². The van der Waals surface area contributed by atoms with Crippen LogP contribution in [0.25, 0.3) is 0 Å². The molecule has 0 aromatic carbocycles. The van der Waals surface area contributed by atoms with Gasteiger partial charge in [0, 0.05) is 0 Å². The summed E-state index contributed by atoms with van der Waals surface area (Å²) in [5.74, 6) is -0.917. The lowest BCUT2D eigenvalue weighted by atomic mass is 9.85. The lowest BCUT2D eigenvalue weighted by molar-refractivity contribution is -0.328. The minimum absolute atomic E-state index is 0.229. The molecule has 2 aliphatic carbocycles. The molecule has 0 bridgehead atoms. The molecule has 1 unspecified atom stereocenters. The molecule has 2 saturated carbocycles. The van der Waals surface area contributed by atoms with Crippen molar-refractivity contribution in [2.45, 2.75) is 113 Å². The van der Waals surface area contributed by atoms with Crippen LogP contribution in [0.5, 0.6) is 0 Å². The van der Waals surface area contributed by atoms with Gasteiger partial charge in [0.1, 0.15) is 24.4 Å². The van der Waals surface area contributed by atoms with Crippen LogP contribution in [-0.4, -0.2) is 87.1 Å². The highest BCUT2D eigenvalue weighted by atomic mass is 16.7. The van der Waals surface area contributed by atoms with E-state index in [1.54, 1.807) is 0 Å². The lowest BCUT2D eigenvalue weighted by Crippen LogP contribution is -2.62. The van der Waals surface area contributed by atoms with E-state index in [2.05, 4.69) is 0 Å². The Bertz CT molecular complexity index is 539. The van der Waals surface area contributed by atoms with Gasteiger partial charge in [-0.15, -0.1) is 0 Å². The Balaban J connectivity index is 1.68. The molecular weight excluding hydrogens is 396 g/mol. The Hall–Kier alpha value is -0.810. The van der Waals surface area contributed by atoms with Crippen molar-refractivity contribution in [1.29, 1.82) is 0 Å². The number of rotatable bonds is 8. The van der Waals surface area contributed by atoms with Crippen LogP contribution in [0.3, 0.4) is 0 Å². The summed E-state index contributed by atoms with van der Waals surface area (Å²) >= 11 is 0. The Morgan fingerprint density at radius 3 is 2.27 bits per heavy atom. The smallest absolute Gasteiger partial charge is 0.332 e. The molecule has 3 rings (SSSR count). The molecule has 3 aliphatic rings. The third-order valence-electron chi connectivity index (χ3n) is 6.67. The van der Waals surface area contributed by atoms with Crippen molar-refractivity contribution < 1.29 is 44.5 Å². The fourth-order valence-electron chi connectivity index (χ4n) is 4.86. The number of aliphatic hydroxyl groups excluding tert-OH is 4. The van der Waals surface area contributed by atoms with Crippen LogP contribution in [0.4, 0.5) is 0 Å². The lowest BCUT2D eigenvalue weighted by Gasteiger charge is -2.44. The van der Waals surface area contributed by atoms with Crippen molar-refractivity contribution in [3.05, 3.63) is 0 Å². The van der Waals surface area contributed by atoms with Gasteiger partial charge < -0.3 is 39.7 Å². The number of aliphatic hydroxyl groups is 4. The first kappa shape index (κ1) is 23.8. The van der Waals surface area contributed by atoms with Crippen LogP contribution in [-0.2, 0) is 19.0 Å². The topological polar surface area (TPSA) is 146 Å². The highest BCUT2D eigenvalue weighted by molar-refractivity contribution is 5.72. The van der Waals surface area contributed by atoms with E-state index in [0.717, 1.165) is 44.9 Å². The molecule has 9 heteroatoms. The third kappa shape index (κ3) is 5.91. The van der Waals surface area contributed by atoms with Crippen LogP contribution in [0, 0.1) is 5.92 Å². The molecule has 0 radical (unpaired) electrons. The SMILES string of the molecule is O=C(O)C(CC1CCCCC1)O[C@@H]1[C@@H](O)[C@@H](O[C@@H]2CCCC[C@@H]2O)O[C@@H](CO)[C@H]1O. The summed E-state index contributed by atoms with van der Waals surface area (Å²) in [7, 11) is 0. The largest absolute Gasteiger partial charge is 0.479 e. The maximum absolute atomic E-state index is 11.8. The van der Waals surface area contributed by atoms with Crippen LogP contribution in [0.15, 0.2) is 0 Å². The zero-order valence-electron chi connectivity index (χ0n) is 17.3. The monoisotopic (exact) mass is 432 g/mol. The number of aliphatic carboxylic acids is 1. The second kappa shape index (κ2) is 11.2. The third-order valence-corrected chi connectivity index (χ3v) is 6.67. The molecule has 0 aromatic rings. The predicted octanol–water partition coefficient (Wildman–Crippen LogP) is 0.554. The van der Waals surface area contributed by atoms with Gasteiger partial charge in [-0.05, 0) is 25.2 Å². The van der Waals surface area contributed by atoms with Crippen LogP contribution in [0.1, 0.15) is 64.2 Å². The molecule has 5 N–H and O–H groups in total. The van der Waals surface area contributed by atoms with Gasteiger partial charge in [-0.2, -0.15) is 0 Å². The standard InChI is InChI=1S/C21H36O9/c22-11-16-17(24)19(28-15(20(26)27)10-12-6-2-1-3-7-12)18(25)21(30-16)29-14-9-5-4-8-13(14)23/h12-19,21-25H,1-11H2,(H,26,27)/t13-,14+,15?,16-,17+,18+,19-,21-/m0/s1. The van der Waals surface area contributed by atoms with E-state index in [9.17, 15) is 30.3 Å². The molecule has 0 amide bonds. The molecule has 1 heterocycles. The molecule has 1 saturated heterocycles. The average molecular weight is 433 g/mol. The van der Waals surface area contributed by atoms with E-state index >= 15 is 0 Å². The van der Waals surface area contributed by atoms with Crippen molar-refractivity contribution in [2.75, 3.05) is 6.61 Å². The number of carbonyl (C=O) groups is 1. The number of carboxylic acid groups (broad SMARTS) is 1. The first-order chi connectivity index (χ1) is 14.4. The zero-order valence-corrected chi connectivity index (χ0v) is 17.3. The minimum Gasteiger partial charge on any atom is -0.479 e. The number of carboxylic acids is 1. The molecule has 1 aliphatic heterocycles. The summed E-state index contributed by atoms with van der Waals surface area (Å²) in [6, 6.07) is 0. The van der Waals surface area contributed by atoms with Crippen molar-refractivity contribution in [3.8, 4) is 0 Å². The molecule has 9 nitrogen and oxygen atoms in total. The second-order valence-electron chi connectivity index (χ2n) is 8.90. The Kier molecular flexibility index (Phi) is 8.88. The summed E-state index contributed by atoms with van der Waals surface area (Å²) < 4.78 is 17.0. The number of ether oxygens (including phenoxy) is 3. The maximum atomic E-state index is 11.8. The summed E-state index contributed by atoms with van der Waals surface area (Å²) in [5, 5.41) is 50.7. The highest BCUT2D eigenvalue weighted by Gasteiger charge is 2.48. The van der Waals surface area contributed by atoms with Gasteiger partial charge in [-0.25, -0.2) is 4.79 Å². The Labute approximate surface area is 176 Å². The van der Waals surface area contributed by atoms with Gasteiger partial charge in [0.25, 0.3) is 0 Å². The van der Waals surface area contributed by atoms with Crippen LogP contribution < -0.4 is 0 Å². The van der Waals surface area contributed by atoms with Crippen LogP contribution >= 0.6 is 0 Å². The highest BCUT2D eigenvalue weighted by Crippen LogP contribution is 2.32. The van der Waals surface area contributed by atoms with Crippen molar-refractivity contribution in [2.24, 2.45) is 5.92 Å². The normalized spacial score (nSPS) is 39.5. The Morgan fingerprint density at radius 2 is 1.63 bits per heavy atom. The second-order valence-corrected chi connectivity index (χ2v) is 8.90. The Morgan fingerprint density at radius 1 is 0.967 bits per heavy atom. The fraction of sp³-hybridized carbons (Fsp3) is 0.952.